The molecule has 8 nitrogen and oxygen atoms in total. The van der Waals surface area contributed by atoms with Crippen LogP contribution >= 0.6 is 11.8 Å². The zero-order chi connectivity index (χ0) is 20.8. The first-order valence-electron chi connectivity index (χ1n) is 8.06. The molecule has 150 valence electrons. The van der Waals surface area contributed by atoms with Crippen molar-refractivity contribution in [2.45, 2.75) is 5.16 Å². The maximum Gasteiger partial charge on any atom is 0.264 e. The van der Waals surface area contributed by atoms with Crippen molar-refractivity contribution in [3.63, 3.8) is 0 Å². The molecule has 29 heavy (non-hydrogen) atoms. The molecule has 0 spiro atoms. The number of carbonyl (C=O) groups excluding carboxylic acids is 1. The fraction of sp³-hybridized carbons (Fsp3) is 0.0588. The number of amides is 1. The van der Waals surface area contributed by atoms with Gasteiger partial charge in [-0.2, -0.15) is 5.10 Å². The highest BCUT2D eigenvalue weighted by molar-refractivity contribution is 7.99. The number of nitrogens with zero attached hydrogens (tertiary/aromatic N) is 4. The maximum atomic E-state index is 13.6. The number of thioether (sulfide) groups is 1. The average Bonchev–Trinajstić information content (AvgIpc) is 3.04. The van der Waals surface area contributed by atoms with E-state index < -0.39 is 23.2 Å². The summed E-state index contributed by atoms with van der Waals surface area (Å²) in [5.74, 6) is 2.94. The van der Waals surface area contributed by atoms with Crippen molar-refractivity contribution in [3.05, 3.63) is 65.5 Å². The van der Waals surface area contributed by atoms with Gasteiger partial charge in [0.25, 0.3) is 5.95 Å². The number of nitrogens with two attached hydrogens (primary N) is 1. The number of hydrogen-bond acceptors (Lipinski definition) is 7. The van der Waals surface area contributed by atoms with Gasteiger partial charge in [0.05, 0.1) is 12.0 Å². The highest BCUT2D eigenvalue weighted by atomic mass is 32.2. The molecule has 0 aliphatic heterocycles. The predicted octanol–water partition coefficient (Wildman–Crippen LogP) is 2.59. The minimum atomic E-state index is -0.879. The Labute approximate surface area is 167 Å². The van der Waals surface area contributed by atoms with Gasteiger partial charge in [-0.1, -0.05) is 30.0 Å². The molecule has 3 aromatic rings. The Morgan fingerprint density at radius 2 is 1.83 bits per heavy atom. The lowest BCUT2D eigenvalue weighted by molar-refractivity contribution is -0.113. The Balaban J connectivity index is 1.55. The van der Waals surface area contributed by atoms with E-state index in [4.69, 9.17) is 5.84 Å². The van der Waals surface area contributed by atoms with Gasteiger partial charge in [0.15, 0.2) is 0 Å². The predicted molar refractivity (Wildman–Crippen MR) is 104 cm³/mol. The Bertz CT molecular complexity index is 1020. The SMILES string of the molecule is Nn1c(N/N=C/c2ccc(F)cc2)nnc1SCC(=O)Nc1c(F)cccc1F. The van der Waals surface area contributed by atoms with Crippen molar-refractivity contribution < 1.29 is 18.0 Å². The van der Waals surface area contributed by atoms with Crippen LogP contribution in [-0.2, 0) is 4.79 Å². The van der Waals surface area contributed by atoms with Crippen LogP contribution in [-0.4, -0.2) is 32.7 Å². The monoisotopic (exact) mass is 421 g/mol. The van der Waals surface area contributed by atoms with Crippen LogP contribution in [0.1, 0.15) is 5.56 Å². The summed E-state index contributed by atoms with van der Waals surface area (Å²) >= 11 is 0.912. The van der Waals surface area contributed by atoms with Gasteiger partial charge in [-0.05, 0) is 29.8 Å². The molecule has 2 aromatic carbocycles. The Morgan fingerprint density at radius 1 is 1.14 bits per heavy atom. The van der Waals surface area contributed by atoms with Gasteiger partial charge in [0, 0.05) is 0 Å². The second-order valence-corrected chi connectivity index (χ2v) is 6.47. The largest absolute Gasteiger partial charge is 0.334 e. The number of hydrogen-bond donors (Lipinski definition) is 3. The standard InChI is InChI=1S/C17H14F3N7OS/c18-11-6-4-10(5-7-11)8-22-24-16-25-26-17(27(16)21)29-9-14(28)23-15-12(19)2-1-3-13(15)20/h1-8H,9,21H2,(H,23,28)(H,24,25)/b22-8+. The number of para-hydroxylation sites is 1. The summed E-state index contributed by atoms with van der Waals surface area (Å²) in [6.45, 7) is 0. The van der Waals surface area contributed by atoms with Gasteiger partial charge in [0.1, 0.15) is 23.1 Å². The molecular weight excluding hydrogens is 407 g/mol. The molecule has 0 atom stereocenters. The highest BCUT2D eigenvalue weighted by Crippen LogP contribution is 2.20. The van der Waals surface area contributed by atoms with E-state index in [-0.39, 0.29) is 22.7 Å². The van der Waals surface area contributed by atoms with Crippen LogP contribution in [0.4, 0.5) is 24.8 Å². The van der Waals surface area contributed by atoms with Gasteiger partial charge in [-0.15, -0.1) is 10.2 Å². The normalized spacial score (nSPS) is 11.0. The molecule has 3 rings (SSSR count). The van der Waals surface area contributed by atoms with Crippen LogP contribution < -0.4 is 16.6 Å². The van der Waals surface area contributed by atoms with Crippen LogP contribution in [0.2, 0.25) is 0 Å². The van der Waals surface area contributed by atoms with Crippen LogP contribution in [0, 0.1) is 17.5 Å². The smallest absolute Gasteiger partial charge is 0.264 e. The molecule has 1 amide bonds. The van der Waals surface area contributed by atoms with Crippen molar-refractivity contribution in [2.24, 2.45) is 5.10 Å². The zero-order valence-electron chi connectivity index (χ0n) is 14.6. The summed E-state index contributed by atoms with van der Waals surface area (Å²) in [5.41, 5.74) is 2.69. The first kappa shape index (κ1) is 20.2. The summed E-state index contributed by atoms with van der Waals surface area (Å²) in [6.07, 6.45) is 1.43. The van der Waals surface area contributed by atoms with Crippen molar-refractivity contribution in [1.82, 2.24) is 14.9 Å². The van der Waals surface area contributed by atoms with Gasteiger partial charge in [-0.3, -0.25) is 4.79 Å². The first-order chi connectivity index (χ1) is 13.9. The molecular formula is C17H14F3N7OS. The molecule has 0 aliphatic rings. The molecule has 0 bridgehead atoms. The number of rotatable bonds is 7. The zero-order valence-corrected chi connectivity index (χ0v) is 15.5. The van der Waals surface area contributed by atoms with E-state index in [0.29, 0.717) is 5.56 Å². The topological polar surface area (TPSA) is 110 Å². The quantitative estimate of drug-likeness (QED) is 0.234. The van der Waals surface area contributed by atoms with Crippen LogP contribution in [0.25, 0.3) is 0 Å². The number of nitrogens with one attached hydrogen (secondary N) is 2. The Kier molecular flexibility index (Phi) is 6.34. The molecule has 4 N–H and O–H groups in total. The summed E-state index contributed by atoms with van der Waals surface area (Å²) in [7, 11) is 0. The van der Waals surface area contributed by atoms with Crippen LogP contribution in [0.3, 0.4) is 0 Å². The summed E-state index contributed by atoms with van der Waals surface area (Å²) in [5, 5.41) is 13.8. The lowest BCUT2D eigenvalue weighted by Crippen LogP contribution is -2.18. The van der Waals surface area contributed by atoms with Gasteiger partial charge in [-0.25, -0.2) is 23.3 Å². The van der Waals surface area contributed by atoms with Crippen LogP contribution in [0.15, 0.2) is 52.7 Å². The summed E-state index contributed by atoms with van der Waals surface area (Å²) < 4.78 is 41.0. The molecule has 0 unspecified atom stereocenters. The van der Waals surface area contributed by atoms with Crippen molar-refractivity contribution in [3.8, 4) is 0 Å². The van der Waals surface area contributed by atoms with E-state index in [1.807, 2.05) is 0 Å². The molecule has 0 aliphatic carbocycles. The summed E-state index contributed by atoms with van der Waals surface area (Å²) in [4.78, 5) is 11.9. The third kappa shape index (κ3) is 5.25. The van der Waals surface area contributed by atoms with E-state index in [1.54, 1.807) is 0 Å². The minimum absolute atomic E-state index is 0.0893. The van der Waals surface area contributed by atoms with E-state index >= 15 is 0 Å². The number of anilines is 2. The number of nitrogen functional groups attached to an aromatic ring is 1. The molecule has 0 radical (unpaired) electrons. The fourth-order valence-electron chi connectivity index (χ4n) is 2.09. The van der Waals surface area contributed by atoms with E-state index in [1.165, 1.54) is 36.5 Å². The number of benzene rings is 2. The molecule has 1 heterocycles. The Morgan fingerprint density at radius 3 is 2.52 bits per heavy atom. The lowest BCUT2D eigenvalue weighted by atomic mass is 10.2. The third-order valence-electron chi connectivity index (χ3n) is 3.47. The second kappa shape index (κ2) is 9.10. The fourth-order valence-corrected chi connectivity index (χ4v) is 2.74. The third-order valence-corrected chi connectivity index (χ3v) is 4.42. The first-order valence-corrected chi connectivity index (χ1v) is 9.04. The van der Waals surface area contributed by atoms with Crippen molar-refractivity contribution in [1.29, 1.82) is 0 Å². The number of hydrazone groups is 1. The summed E-state index contributed by atoms with van der Waals surface area (Å²) in [6, 6.07) is 8.91. The van der Waals surface area contributed by atoms with Crippen molar-refractivity contribution in [2.75, 3.05) is 22.3 Å². The number of halogens is 3. The van der Waals surface area contributed by atoms with Crippen molar-refractivity contribution >= 4 is 35.5 Å². The second-order valence-electron chi connectivity index (χ2n) is 5.53. The molecule has 0 saturated heterocycles. The van der Waals surface area contributed by atoms with Gasteiger partial charge in [0.2, 0.25) is 11.1 Å². The lowest BCUT2D eigenvalue weighted by Gasteiger charge is -2.07. The molecule has 12 heteroatoms. The Hall–Kier alpha value is -3.54. The van der Waals surface area contributed by atoms with E-state index in [9.17, 15) is 18.0 Å². The maximum absolute atomic E-state index is 13.6. The molecule has 0 saturated carbocycles. The van der Waals surface area contributed by atoms with E-state index in [2.05, 4.69) is 26.0 Å². The van der Waals surface area contributed by atoms with Crippen LogP contribution in [0.5, 0.6) is 0 Å². The number of aromatic nitrogens is 3. The molecule has 1 aromatic heterocycles. The van der Waals surface area contributed by atoms with Gasteiger partial charge < -0.3 is 11.2 Å². The van der Waals surface area contributed by atoms with Gasteiger partial charge >= 0.3 is 0 Å². The van der Waals surface area contributed by atoms with E-state index in [0.717, 1.165) is 28.6 Å². The number of carbonyl (C=O) groups is 1. The highest BCUT2D eigenvalue weighted by Gasteiger charge is 2.15. The molecule has 0 fully saturated rings. The average molecular weight is 421 g/mol. The minimum Gasteiger partial charge on any atom is -0.334 e.